The topological polar surface area (TPSA) is 39.7 Å². The highest BCUT2D eigenvalue weighted by Gasteiger charge is 2.24. The molecule has 1 aromatic heterocycles. The maximum atomic E-state index is 12.6. The van der Waals surface area contributed by atoms with Crippen molar-refractivity contribution < 1.29 is 4.79 Å². The molecule has 2 fully saturated rings. The minimum atomic E-state index is 0.0877. The second-order valence-electron chi connectivity index (χ2n) is 6.82. The zero-order chi connectivity index (χ0) is 17.9. The number of piperazine rings is 1. The highest BCUT2D eigenvalue weighted by atomic mass is 35.5. The van der Waals surface area contributed by atoms with E-state index >= 15 is 0 Å². The van der Waals surface area contributed by atoms with Crippen molar-refractivity contribution in [2.24, 2.45) is 0 Å². The minimum absolute atomic E-state index is 0.0877. The van der Waals surface area contributed by atoms with Crippen LogP contribution in [0.5, 0.6) is 0 Å². The summed E-state index contributed by atoms with van der Waals surface area (Å²) >= 11 is 7.68. The van der Waals surface area contributed by atoms with Crippen LogP contribution in [0.2, 0.25) is 5.02 Å². The van der Waals surface area contributed by atoms with Crippen molar-refractivity contribution in [1.29, 1.82) is 0 Å². The summed E-state index contributed by atoms with van der Waals surface area (Å²) < 4.78 is 0. The molecular weight excluding hydrogens is 368 g/mol. The number of carbonyl (C=O) groups excluding carboxylic acids is 1. The van der Waals surface area contributed by atoms with E-state index in [1.54, 1.807) is 11.3 Å². The maximum absolute atomic E-state index is 12.6. The van der Waals surface area contributed by atoms with Gasteiger partial charge in [0.05, 0.1) is 0 Å². The number of benzene rings is 1. The first kappa shape index (κ1) is 17.6. The molecule has 26 heavy (non-hydrogen) atoms. The monoisotopic (exact) mass is 390 g/mol. The number of rotatable bonds is 3. The Balaban J connectivity index is 1.37. The van der Waals surface area contributed by atoms with Gasteiger partial charge in [-0.3, -0.25) is 4.79 Å². The molecule has 2 aromatic rings. The van der Waals surface area contributed by atoms with E-state index < -0.39 is 0 Å². The predicted octanol–water partition coefficient (Wildman–Crippen LogP) is 3.75. The van der Waals surface area contributed by atoms with Gasteiger partial charge in [0.15, 0.2) is 5.13 Å². The van der Waals surface area contributed by atoms with E-state index in [4.69, 9.17) is 11.6 Å². The summed E-state index contributed by atoms with van der Waals surface area (Å²) in [5.74, 6) is 0.0877. The number of halogens is 1. The Morgan fingerprint density at radius 3 is 2.46 bits per heavy atom. The summed E-state index contributed by atoms with van der Waals surface area (Å²) in [5, 5.41) is 3.64. The molecule has 5 nitrogen and oxygen atoms in total. The molecular formula is C19H23ClN4OS. The molecule has 2 saturated heterocycles. The van der Waals surface area contributed by atoms with E-state index in [9.17, 15) is 4.79 Å². The third kappa shape index (κ3) is 3.81. The zero-order valence-corrected chi connectivity index (χ0v) is 16.3. The van der Waals surface area contributed by atoms with E-state index in [0.717, 1.165) is 68.0 Å². The Labute approximate surface area is 163 Å². The van der Waals surface area contributed by atoms with Crippen LogP contribution in [0.3, 0.4) is 0 Å². The molecule has 0 radical (unpaired) electrons. The standard InChI is InChI=1S/C19H23ClN4OS/c20-15-5-4-6-16(13-15)22-9-11-24(12-10-22)19-21-17(14-26-19)18(25)23-7-2-1-3-8-23/h4-6,13-14H,1-3,7-12H2. The Kier molecular flexibility index (Phi) is 5.31. The quantitative estimate of drug-likeness (QED) is 0.800. The van der Waals surface area contributed by atoms with Gasteiger partial charge in [-0.15, -0.1) is 11.3 Å². The average Bonchev–Trinajstić information content (AvgIpc) is 3.18. The summed E-state index contributed by atoms with van der Waals surface area (Å²) in [6.07, 6.45) is 3.44. The summed E-state index contributed by atoms with van der Waals surface area (Å²) in [6.45, 7) is 5.38. The Morgan fingerprint density at radius 2 is 1.73 bits per heavy atom. The molecule has 2 aliphatic heterocycles. The van der Waals surface area contributed by atoms with Crippen LogP contribution in [0.25, 0.3) is 0 Å². The van der Waals surface area contributed by atoms with Crippen LogP contribution in [0.15, 0.2) is 29.6 Å². The molecule has 1 aromatic carbocycles. The van der Waals surface area contributed by atoms with Crippen LogP contribution in [0.1, 0.15) is 29.8 Å². The molecule has 0 saturated carbocycles. The average molecular weight is 391 g/mol. The summed E-state index contributed by atoms with van der Waals surface area (Å²) in [5.41, 5.74) is 1.77. The molecule has 0 bridgehead atoms. The molecule has 1 amide bonds. The van der Waals surface area contributed by atoms with Gasteiger partial charge in [0.2, 0.25) is 0 Å². The summed E-state index contributed by atoms with van der Waals surface area (Å²) in [4.78, 5) is 23.8. The van der Waals surface area contributed by atoms with Gasteiger partial charge in [-0.2, -0.15) is 0 Å². The number of thiazole rings is 1. The molecule has 0 aliphatic carbocycles. The van der Waals surface area contributed by atoms with Crippen LogP contribution in [-0.2, 0) is 0 Å². The Bertz CT molecular complexity index is 766. The van der Waals surface area contributed by atoms with Gasteiger partial charge >= 0.3 is 0 Å². The third-order valence-electron chi connectivity index (χ3n) is 5.08. The van der Waals surface area contributed by atoms with Gasteiger partial charge < -0.3 is 14.7 Å². The minimum Gasteiger partial charge on any atom is -0.368 e. The smallest absolute Gasteiger partial charge is 0.273 e. The van der Waals surface area contributed by atoms with Crippen molar-refractivity contribution in [3.05, 3.63) is 40.4 Å². The molecule has 0 N–H and O–H groups in total. The van der Waals surface area contributed by atoms with E-state index in [0.29, 0.717) is 5.69 Å². The van der Waals surface area contributed by atoms with E-state index in [1.807, 2.05) is 28.5 Å². The van der Waals surface area contributed by atoms with Crippen LogP contribution < -0.4 is 9.80 Å². The lowest BCUT2D eigenvalue weighted by Crippen LogP contribution is -2.46. The molecule has 2 aliphatic rings. The lowest BCUT2D eigenvalue weighted by atomic mass is 10.1. The van der Waals surface area contributed by atoms with Crippen molar-refractivity contribution >= 4 is 39.7 Å². The first-order chi connectivity index (χ1) is 12.7. The number of amides is 1. The number of hydrogen-bond acceptors (Lipinski definition) is 5. The fraction of sp³-hybridized carbons (Fsp3) is 0.474. The number of aromatic nitrogens is 1. The molecule has 4 rings (SSSR count). The number of nitrogens with zero attached hydrogens (tertiary/aromatic N) is 4. The number of likely N-dealkylation sites (tertiary alicyclic amines) is 1. The van der Waals surface area contributed by atoms with E-state index in [1.165, 1.54) is 6.42 Å². The Morgan fingerprint density at radius 1 is 1.00 bits per heavy atom. The van der Waals surface area contributed by atoms with Crippen molar-refractivity contribution in [2.75, 3.05) is 49.1 Å². The second kappa shape index (κ2) is 7.84. The molecule has 0 spiro atoms. The molecule has 7 heteroatoms. The first-order valence-electron chi connectivity index (χ1n) is 9.21. The molecule has 138 valence electrons. The lowest BCUT2D eigenvalue weighted by Gasteiger charge is -2.36. The van der Waals surface area contributed by atoms with Crippen molar-refractivity contribution in [3.63, 3.8) is 0 Å². The van der Waals surface area contributed by atoms with Gasteiger partial charge in [-0.05, 0) is 37.5 Å². The summed E-state index contributed by atoms with van der Waals surface area (Å²) in [6, 6.07) is 8.00. The third-order valence-corrected chi connectivity index (χ3v) is 6.21. The van der Waals surface area contributed by atoms with Crippen LogP contribution in [-0.4, -0.2) is 55.1 Å². The predicted molar refractivity (Wildman–Crippen MR) is 108 cm³/mol. The van der Waals surface area contributed by atoms with Crippen LogP contribution in [0, 0.1) is 0 Å². The number of piperidine rings is 1. The normalized spacial score (nSPS) is 18.3. The van der Waals surface area contributed by atoms with Crippen LogP contribution >= 0.6 is 22.9 Å². The SMILES string of the molecule is O=C(c1csc(N2CCN(c3cccc(Cl)c3)CC2)n1)N1CCCCC1. The fourth-order valence-corrected chi connectivity index (χ4v) is 4.63. The highest BCUT2D eigenvalue weighted by Crippen LogP contribution is 2.26. The largest absolute Gasteiger partial charge is 0.368 e. The van der Waals surface area contributed by atoms with Gasteiger partial charge in [-0.1, -0.05) is 17.7 Å². The van der Waals surface area contributed by atoms with Crippen molar-refractivity contribution in [2.45, 2.75) is 19.3 Å². The summed E-state index contributed by atoms with van der Waals surface area (Å²) in [7, 11) is 0. The number of anilines is 2. The van der Waals surface area contributed by atoms with E-state index in [2.05, 4.69) is 20.9 Å². The van der Waals surface area contributed by atoms with Crippen molar-refractivity contribution in [1.82, 2.24) is 9.88 Å². The molecule has 0 unspecified atom stereocenters. The van der Waals surface area contributed by atoms with Crippen molar-refractivity contribution in [3.8, 4) is 0 Å². The maximum Gasteiger partial charge on any atom is 0.273 e. The van der Waals surface area contributed by atoms with Gasteiger partial charge in [0, 0.05) is 55.4 Å². The highest BCUT2D eigenvalue weighted by molar-refractivity contribution is 7.13. The lowest BCUT2D eigenvalue weighted by molar-refractivity contribution is 0.0719. The van der Waals surface area contributed by atoms with E-state index in [-0.39, 0.29) is 5.91 Å². The fourth-order valence-electron chi connectivity index (χ4n) is 3.60. The van der Waals surface area contributed by atoms with Crippen LogP contribution in [0.4, 0.5) is 10.8 Å². The van der Waals surface area contributed by atoms with Gasteiger partial charge in [0.1, 0.15) is 5.69 Å². The number of hydrogen-bond donors (Lipinski definition) is 0. The second-order valence-corrected chi connectivity index (χ2v) is 8.10. The van der Waals surface area contributed by atoms with Gasteiger partial charge in [-0.25, -0.2) is 4.98 Å². The molecule has 3 heterocycles. The number of carbonyl (C=O) groups is 1. The zero-order valence-electron chi connectivity index (χ0n) is 14.7. The molecule has 0 atom stereocenters. The first-order valence-corrected chi connectivity index (χ1v) is 10.5. The van der Waals surface area contributed by atoms with Gasteiger partial charge in [0.25, 0.3) is 5.91 Å². The Hall–Kier alpha value is -1.79.